The summed E-state index contributed by atoms with van der Waals surface area (Å²) in [7, 11) is 1.84. The number of benzene rings is 1. The van der Waals surface area contributed by atoms with Gasteiger partial charge in [0, 0.05) is 24.5 Å². The molecule has 0 unspecified atom stereocenters. The van der Waals surface area contributed by atoms with Gasteiger partial charge in [0.25, 0.3) is 0 Å². The second-order valence-electron chi connectivity index (χ2n) is 4.08. The number of nitrogens with one attached hydrogen (secondary N) is 1. The molecule has 5 nitrogen and oxygen atoms in total. The van der Waals surface area contributed by atoms with E-state index in [0.29, 0.717) is 12.1 Å². The van der Waals surface area contributed by atoms with Crippen LogP contribution in [0.25, 0.3) is 22.4 Å². The number of thiazole rings is 1. The molecule has 2 aromatic heterocycles. The number of nitrogens with zero attached hydrogens (tertiary/aromatic N) is 2. The van der Waals surface area contributed by atoms with Gasteiger partial charge in [-0.25, -0.2) is 9.78 Å². The fourth-order valence-electron chi connectivity index (χ4n) is 2.05. The van der Waals surface area contributed by atoms with Crippen molar-refractivity contribution in [2.75, 3.05) is 12.4 Å². The minimum Gasteiger partial charge on any atom is -0.408 e. The Labute approximate surface area is 113 Å². The van der Waals surface area contributed by atoms with Gasteiger partial charge in [-0.1, -0.05) is 6.07 Å². The fourth-order valence-corrected chi connectivity index (χ4v) is 2.73. The van der Waals surface area contributed by atoms with E-state index in [1.165, 1.54) is 0 Å². The van der Waals surface area contributed by atoms with Crippen molar-refractivity contribution in [2.24, 2.45) is 0 Å². The maximum Gasteiger partial charge on any atom is 0.419 e. The summed E-state index contributed by atoms with van der Waals surface area (Å²) < 4.78 is 6.86. The van der Waals surface area contributed by atoms with Crippen molar-refractivity contribution < 1.29 is 4.42 Å². The molecule has 0 radical (unpaired) electrons. The summed E-state index contributed by atoms with van der Waals surface area (Å²) in [6.45, 7) is 2.52. The number of hydrogen-bond acceptors (Lipinski definition) is 5. The van der Waals surface area contributed by atoms with Crippen LogP contribution in [0, 0.1) is 0 Å². The first-order valence-corrected chi connectivity index (χ1v) is 6.88. The highest BCUT2D eigenvalue weighted by molar-refractivity contribution is 7.14. The summed E-state index contributed by atoms with van der Waals surface area (Å²) in [6, 6.07) is 5.72. The van der Waals surface area contributed by atoms with Crippen LogP contribution in [0.15, 0.2) is 32.8 Å². The molecule has 0 spiro atoms. The molecule has 0 aliphatic rings. The van der Waals surface area contributed by atoms with Crippen LogP contribution in [0.2, 0.25) is 0 Å². The zero-order valence-electron chi connectivity index (χ0n) is 10.6. The Morgan fingerprint density at radius 2 is 2.32 bits per heavy atom. The number of anilines is 1. The van der Waals surface area contributed by atoms with E-state index in [1.807, 2.05) is 37.6 Å². The molecule has 1 N–H and O–H groups in total. The first-order chi connectivity index (χ1) is 9.22. The van der Waals surface area contributed by atoms with Crippen molar-refractivity contribution in [3.63, 3.8) is 0 Å². The van der Waals surface area contributed by atoms with Crippen LogP contribution >= 0.6 is 11.3 Å². The van der Waals surface area contributed by atoms with Gasteiger partial charge in [0.1, 0.15) is 0 Å². The van der Waals surface area contributed by atoms with Crippen molar-refractivity contribution in [1.82, 2.24) is 9.55 Å². The molecule has 3 rings (SSSR count). The molecule has 0 amide bonds. The first-order valence-electron chi connectivity index (χ1n) is 6.00. The van der Waals surface area contributed by atoms with E-state index >= 15 is 0 Å². The molecule has 2 heterocycles. The fraction of sp³-hybridized carbons (Fsp3) is 0.231. The Kier molecular flexibility index (Phi) is 2.87. The Hall–Kier alpha value is -2.08. The summed E-state index contributed by atoms with van der Waals surface area (Å²) in [5.74, 6) is -0.316. The van der Waals surface area contributed by atoms with Gasteiger partial charge in [0.15, 0.2) is 10.7 Å². The molecule has 0 atom stereocenters. The number of hydrogen-bond donors (Lipinski definition) is 1. The van der Waals surface area contributed by atoms with Gasteiger partial charge >= 0.3 is 5.76 Å². The van der Waals surface area contributed by atoms with E-state index in [2.05, 4.69) is 10.3 Å². The van der Waals surface area contributed by atoms with Crippen molar-refractivity contribution in [3.05, 3.63) is 34.1 Å². The summed E-state index contributed by atoms with van der Waals surface area (Å²) in [5, 5.41) is 5.84. The SMILES string of the molecule is CCn1c(=O)oc2cc(-c3csc(NC)n3)ccc21. The van der Waals surface area contributed by atoms with Crippen molar-refractivity contribution >= 4 is 27.6 Å². The standard InChI is InChI=1S/C13H13N3O2S/c1-3-16-10-5-4-8(6-11(10)18-13(16)17)9-7-19-12(14-2)15-9/h4-7H,3H2,1-2H3,(H,14,15). The number of aromatic nitrogens is 2. The van der Waals surface area contributed by atoms with E-state index in [-0.39, 0.29) is 5.76 Å². The van der Waals surface area contributed by atoms with Gasteiger partial charge in [-0.05, 0) is 19.1 Å². The Morgan fingerprint density at radius 3 is 3.00 bits per heavy atom. The molecular formula is C13H13N3O2S. The molecular weight excluding hydrogens is 262 g/mol. The maximum absolute atomic E-state index is 11.6. The molecule has 0 bridgehead atoms. The van der Waals surface area contributed by atoms with Gasteiger partial charge in [-0.2, -0.15) is 0 Å². The van der Waals surface area contributed by atoms with Gasteiger partial charge in [-0.15, -0.1) is 11.3 Å². The monoisotopic (exact) mass is 275 g/mol. The number of fused-ring (bicyclic) bond motifs is 1. The molecule has 98 valence electrons. The molecule has 0 aliphatic heterocycles. The number of oxazole rings is 1. The van der Waals surface area contributed by atoms with Crippen LogP contribution in [0.5, 0.6) is 0 Å². The highest BCUT2D eigenvalue weighted by Gasteiger charge is 2.10. The third kappa shape index (κ3) is 1.94. The third-order valence-corrected chi connectivity index (χ3v) is 3.86. The zero-order valence-corrected chi connectivity index (χ0v) is 11.5. The average Bonchev–Trinajstić information content (AvgIpc) is 3.00. The smallest absolute Gasteiger partial charge is 0.408 e. The average molecular weight is 275 g/mol. The molecule has 1 aromatic carbocycles. The number of aryl methyl sites for hydroxylation is 1. The van der Waals surface area contributed by atoms with E-state index in [9.17, 15) is 4.79 Å². The largest absolute Gasteiger partial charge is 0.419 e. The molecule has 0 saturated carbocycles. The zero-order chi connectivity index (χ0) is 13.4. The highest BCUT2D eigenvalue weighted by Crippen LogP contribution is 2.27. The van der Waals surface area contributed by atoms with Crippen LogP contribution in [0.1, 0.15) is 6.92 Å². The van der Waals surface area contributed by atoms with Gasteiger partial charge < -0.3 is 9.73 Å². The lowest BCUT2D eigenvalue weighted by molar-refractivity contribution is 0.513. The Morgan fingerprint density at radius 1 is 1.47 bits per heavy atom. The third-order valence-electron chi connectivity index (χ3n) is 3.00. The molecule has 3 aromatic rings. The minimum absolute atomic E-state index is 0.316. The van der Waals surface area contributed by atoms with Crippen LogP contribution in [-0.2, 0) is 6.54 Å². The van der Waals surface area contributed by atoms with E-state index in [1.54, 1.807) is 15.9 Å². The van der Waals surface area contributed by atoms with Crippen LogP contribution < -0.4 is 11.1 Å². The van der Waals surface area contributed by atoms with Gasteiger partial charge in [0.2, 0.25) is 0 Å². The first kappa shape index (κ1) is 12.0. The second kappa shape index (κ2) is 4.55. The highest BCUT2D eigenvalue weighted by atomic mass is 32.1. The maximum atomic E-state index is 11.6. The predicted octanol–water partition coefficient (Wildman–Crippen LogP) is 2.78. The Bertz CT molecular complexity index is 785. The van der Waals surface area contributed by atoms with Crippen LogP contribution in [0.3, 0.4) is 0 Å². The quantitative estimate of drug-likeness (QED) is 0.798. The van der Waals surface area contributed by atoms with Crippen LogP contribution in [-0.4, -0.2) is 16.6 Å². The van der Waals surface area contributed by atoms with E-state index in [0.717, 1.165) is 21.9 Å². The summed E-state index contributed by atoms with van der Waals surface area (Å²) in [6.07, 6.45) is 0. The molecule has 19 heavy (non-hydrogen) atoms. The van der Waals surface area contributed by atoms with Crippen molar-refractivity contribution in [1.29, 1.82) is 0 Å². The summed E-state index contributed by atoms with van der Waals surface area (Å²) in [4.78, 5) is 16.1. The molecule has 0 fully saturated rings. The van der Waals surface area contributed by atoms with Gasteiger partial charge in [0.05, 0.1) is 11.2 Å². The predicted molar refractivity (Wildman–Crippen MR) is 76.8 cm³/mol. The lowest BCUT2D eigenvalue weighted by Crippen LogP contribution is -2.11. The molecule has 0 saturated heterocycles. The van der Waals surface area contributed by atoms with Crippen molar-refractivity contribution in [2.45, 2.75) is 13.5 Å². The minimum atomic E-state index is -0.316. The Balaban J connectivity index is 2.14. The molecule has 0 aliphatic carbocycles. The van der Waals surface area contributed by atoms with Crippen molar-refractivity contribution in [3.8, 4) is 11.3 Å². The van der Waals surface area contributed by atoms with E-state index < -0.39 is 0 Å². The second-order valence-corrected chi connectivity index (χ2v) is 4.94. The topological polar surface area (TPSA) is 60.1 Å². The normalized spacial score (nSPS) is 11.1. The van der Waals surface area contributed by atoms with Gasteiger partial charge in [-0.3, -0.25) is 4.57 Å². The number of rotatable bonds is 3. The lowest BCUT2D eigenvalue weighted by atomic mass is 10.1. The molecule has 6 heteroatoms. The lowest BCUT2D eigenvalue weighted by Gasteiger charge is -1.98. The van der Waals surface area contributed by atoms with E-state index in [4.69, 9.17) is 4.42 Å². The van der Waals surface area contributed by atoms with Crippen LogP contribution in [0.4, 0.5) is 5.13 Å². The summed E-state index contributed by atoms with van der Waals surface area (Å²) in [5.41, 5.74) is 3.24. The summed E-state index contributed by atoms with van der Waals surface area (Å²) >= 11 is 1.54.